The lowest BCUT2D eigenvalue weighted by Gasteiger charge is -2.10. The van der Waals surface area contributed by atoms with Crippen LogP contribution in [-0.4, -0.2) is 29.7 Å². The highest BCUT2D eigenvalue weighted by Crippen LogP contribution is 2.19. The molecule has 0 bridgehead atoms. The van der Waals surface area contributed by atoms with Crippen molar-refractivity contribution in [2.75, 3.05) is 14.2 Å². The molecule has 1 aromatic carbocycles. The summed E-state index contributed by atoms with van der Waals surface area (Å²) in [6, 6.07) is 4.97. The number of benzene rings is 1. The highest BCUT2D eigenvalue weighted by Gasteiger charge is 2.13. The second kappa shape index (κ2) is 5.27. The zero-order valence-electron chi connectivity index (χ0n) is 10.3. The Morgan fingerprint density at radius 1 is 1.42 bits per heavy atom. The van der Waals surface area contributed by atoms with Gasteiger partial charge in [0.2, 0.25) is 0 Å². The van der Waals surface area contributed by atoms with Crippen molar-refractivity contribution < 1.29 is 14.3 Å². The number of fused-ring (bicyclic) bond motifs is 1. The first-order chi connectivity index (χ1) is 9.06. The Kier molecular flexibility index (Phi) is 3.71. The normalized spacial score (nSPS) is 10.5. The first-order valence-corrected chi connectivity index (χ1v) is 5.75. The van der Waals surface area contributed by atoms with Crippen molar-refractivity contribution >= 4 is 28.6 Å². The number of methoxy groups -OCH3 is 2. The fourth-order valence-electron chi connectivity index (χ4n) is 1.67. The molecule has 7 heteroatoms. The van der Waals surface area contributed by atoms with Gasteiger partial charge in [0.15, 0.2) is 5.15 Å². The van der Waals surface area contributed by atoms with Crippen LogP contribution in [-0.2, 0) is 16.1 Å². The smallest absolute Gasteiger partial charge is 0.325 e. The van der Waals surface area contributed by atoms with E-state index in [1.807, 2.05) is 0 Å². The fourth-order valence-corrected chi connectivity index (χ4v) is 1.86. The summed E-state index contributed by atoms with van der Waals surface area (Å²) in [4.78, 5) is 27.3. The Morgan fingerprint density at radius 2 is 2.16 bits per heavy atom. The molecule has 0 aliphatic rings. The number of carbonyl (C=O) groups is 1. The topological polar surface area (TPSA) is 70.4 Å². The molecule has 0 spiro atoms. The van der Waals surface area contributed by atoms with Crippen molar-refractivity contribution in [3.8, 4) is 5.75 Å². The van der Waals surface area contributed by atoms with E-state index in [1.165, 1.54) is 18.8 Å². The predicted molar refractivity (Wildman–Crippen MR) is 69.6 cm³/mol. The summed E-state index contributed by atoms with van der Waals surface area (Å²) in [5.74, 6) is 0.00289. The Hall–Kier alpha value is -2.08. The van der Waals surface area contributed by atoms with Crippen molar-refractivity contribution in [1.29, 1.82) is 0 Å². The number of halogens is 1. The molecular formula is C12H11ClN2O4. The SMILES string of the molecule is COC(=O)Cn1c(=O)c(Cl)nc2ccc(OC)cc21. The minimum atomic E-state index is -0.548. The monoisotopic (exact) mass is 282 g/mol. The number of carbonyl (C=O) groups excluding carboxylic acids is 1. The van der Waals surface area contributed by atoms with Crippen LogP contribution in [0.15, 0.2) is 23.0 Å². The third-order valence-corrected chi connectivity index (χ3v) is 2.87. The molecule has 0 saturated carbocycles. The Balaban J connectivity index is 2.72. The van der Waals surface area contributed by atoms with Crippen LogP contribution in [0.1, 0.15) is 0 Å². The number of ether oxygens (including phenoxy) is 2. The van der Waals surface area contributed by atoms with Gasteiger partial charge in [0, 0.05) is 6.07 Å². The van der Waals surface area contributed by atoms with Crippen LogP contribution in [0.4, 0.5) is 0 Å². The first-order valence-electron chi connectivity index (χ1n) is 5.37. The molecule has 100 valence electrons. The van der Waals surface area contributed by atoms with E-state index in [0.29, 0.717) is 16.8 Å². The summed E-state index contributed by atoms with van der Waals surface area (Å²) in [5, 5.41) is -0.193. The molecule has 19 heavy (non-hydrogen) atoms. The fraction of sp³-hybridized carbons (Fsp3) is 0.250. The molecule has 0 atom stereocenters. The van der Waals surface area contributed by atoms with E-state index in [2.05, 4.69) is 9.72 Å². The largest absolute Gasteiger partial charge is 0.497 e. The van der Waals surface area contributed by atoms with Crippen LogP contribution in [0.3, 0.4) is 0 Å². The highest BCUT2D eigenvalue weighted by atomic mass is 35.5. The summed E-state index contributed by atoms with van der Waals surface area (Å²) in [6.07, 6.45) is 0. The number of rotatable bonds is 3. The Morgan fingerprint density at radius 3 is 2.79 bits per heavy atom. The van der Waals surface area contributed by atoms with Gasteiger partial charge < -0.3 is 9.47 Å². The van der Waals surface area contributed by atoms with Crippen LogP contribution in [0.25, 0.3) is 11.0 Å². The zero-order valence-corrected chi connectivity index (χ0v) is 11.1. The maximum Gasteiger partial charge on any atom is 0.325 e. The standard InChI is InChI=1S/C12H11ClN2O4/c1-18-7-3-4-8-9(5-7)15(6-10(16)19-2)12(17)11(13)14-8/h3-5H,6H2,1-2H3. The molecule has 0 radical (unpaired) electrons. The van der Waals surface area contributed by atoms with E-state index in [9.17, 15) is 9.59 Å². The third-order valence-electron chi connectivity index (χ3n) is 2.63. The van der Waals surface area contributed by atoms with Crippen molar-refractivity contribution in [2.24, 2.45) is 0 Å². The maximum absolute atomic E-state index is 12.0. The molecular weight excluding hydrogens is 272 g/mol. The predicted octanol–water partition coefficient (Wildman–Crippen LogP) is 1.23. The van der Waals surface area contributed by atoms with E-state index >= 15 is 0 Å². The molecule has 0 fully saturated rings. The molecule has 1 heterocycles. The summed E-state index contributed by atoms with van der Waals surface area (Å²) < 4.78 is 10.9. The van der Waals surface area contributed by atoms with Gasteiger partial charge in [0.05, 0.1) is 25.3 Å². The summed E-state index contributed by atoms with van der Waals surface area (Å²) in [5.41, 5.74) is 0.404. The average molecular weight is 283 g/mol. The van der Waals surface area contributed by atoms with Gasteiger partial charge in [0.1, 0.15) is 12.3 Å². The molecule has 0 saturated heterocycles. The van der Waals surface area contributed by atoms with Crippen molar-refractivity contribution in [3.63, 3.8) is 0 Å². The average Bonchev–Trinajstić information content (AvgIpc) is 2.43. The lowest BCUT2D eigenvalue weighted by Crippen LogP contribution is -2.26. The van der Waals surface area contributed by atoms with Crippen LogP contribution in [0, 0.1) is 0 Å². The van der Waals surface area contributed by atoms with Crippen molar-refractivity contribution in [1.82, 2.24) is 9.55 Å². The van der Waals surface area contributed by atoms with Crippen molar-refractivity contribution in [3.05, 3.63) is 33.7 Å². The summed E-state index contributed by atoms with van der Waals surface area (Å²) >= 11 is 5.77. The lowest BCUT2D eigenvalue weighted by molar-refractivity contribution is -0.141. The molecule has 6 nitrogen and oxygen atoms in total. The van der Waals surface area contributed by atoms with Gasteiger partial charge in [-0.15, -0.1) is 0 Å². The lowest BCUT2D eigenvalue weighted by atomic mass is 10.2. The molecule has 2 aromatic rings. The second-order valence-electron chi connectivity index (χ2n) is 3.72. The number of hydrogen-bond donors (Lipinski definition) is 0. The van der Waals surface area contributed by atoms with E-state index in [0.717, 1.165) is 0 Å². The molecule has 0 unspecified atom stereocenters. The van der Waals surface area contributed by atoms with Gasteiger partial charge >= 0.3 is 5.97 Å². The second-order valence-corrected chi connectivity index (χ2v) is 4.08. The van der Waals surface area contributed by atoms with E-state index in [-0.39, 0.29) is 11.7 Å². The number of esters is 1. The molecule has 0 N–H and O–H groups in total. The number of hydrogen-bond acceptors (Lipinski definition) is 5. The minimum absolute atomic E-state index is 0.193. The molecule has 0 aliphatic heterocycles. The van der Waals surface area contributed by atoms with Crippen LogP contribution >= 0.6 is 11.6 Å². The summed E-state index contributed by atoms with van der Waals surface area (Å²) in [7, 11) is 2.76. The van der Waals surface area contributed by atoms with Gasteiger partial charge in [0.25, 0.3) is 5.56 Å². The van der Waals surface area contributed by atoms with Gasteiger partial charge in [-0.3, -0.25) is 14.2 Å². The Labute approximate surface area is 113 Å². The van der Waals surface area contributed by atoms with Crippen LogP contribution < -0.4 is 10.3 Å². The Bertz CT molecular complexity index is 696. The number of nitrogens with zero attached hydrogens (tertiary/aromatic N) is 2. The molecule has 0 amide bonds. The molecule has 0 aliphatic carbocycles. The number of aromatic nitrogens is 2. The first kappa shape index (κ1) is 13.4. The highest BCUT2D eigenvalue weighted by molar-refractivity contribution is 6.29. The van der Waals surface area contributed by atoms with E-state index in [4.69, 9.17) is 16.3 Å². The molecule has 1 aromatic heterocycles. The molecule has 2 rings (SSSR count). The van der Waals surface area contributed by atoms with E-state index < -0.39 is 11.5 Å². The quantitative estimate of drug-likeness (QED) is 0.792. The van der Waals surface area contributed by atoms with E-state index in [1.54, 1.807) is 18.2 Å². The zero-order chi connectivity index (χ0) is 14.0. The van der Waals surface area contributed by atoms with Crippen LogP contribution in [0.5, 0.6) is 5.75 Å². The van der Waals surface area contributed by atoms with Gasteiger partial charge in [-0.05, 0) is 12.1 Å². The van der Waals surface area contributed by atoms with Crippen molar-refractivity contribution in [2.45, 2.75) is 6.54 Å². The van der Waals surface area contributed by atoms with Gasteiger partial charge in [-0.25, -0.2) is 4.98 Å². The minimum Gasteiger partial charge on any atom is -0.497 e. The summed E-state index contributed by atoms with van der Waals surface area (Å²) in [6.45, 7) is -0.235. The van der Waals surface area contributed by atoms with Gasteiger partial charge in [-0.1, -0.05) is 11.6 Å². The van der Waals surface area contributed by atoms with Gasteiger partial charge in [-0.2, -0.15) is 0 Å². The van der Waals surface area contributed by atoms with Crippen LogP contribution in [0.2, 0.25) is 5.15 Å². The maximum atomic E-state index is 12.0. The third kappa shape index (κ3) is 2.53.